The highest BCUT2D eigenvalue weighted by atomic mass is 127. The molecule has 0 saturated carbocycles. The summed E-state index contributed by atoms with van der Waals surface area (Å²) in [6.07, 6.45) is 1.43. The van der Waals surface area contributed by atoms with E-state index in [0.29, 0.717) is 5.82 Å². The molecule has 96 valence electrons. The van der Waals surface area contributed by atoms with Crippen molar-refractivity contribution in [3.05, 3.63) is 48.0 Å². The van der Waals surface area contributed by atoms with Crippen molar-refractivity contribution in [2.24, 2.45) is 0 Å². The number of halogens is 1. The number of H-pyrrole nitrogens is 1. The Hall–Kier alpha value is -1.88. The van der Waals surface area contributed by atoms with Gasteiger partial charge in [0.15, 0.2) is 12.4 Å². The molecule has 0 radical (unpaired) electrons. The van der Waals surface area contributed by atoms with E-state index in [1.54, 1.807) is 0 Å². The topological polar surface area (TPSA) is 67.9 Å². The van der Waals surface area contributed by atoms with Crippen molar-refractivity contribution in [3.8, 4) is 9.85 Å². The lowest BCUT2D eigenvalue weighted by Gasteiger charge is -2.12. The van der Waals surface area contributed by atoms with Crippen LogP contribution in [0.4, 0.5) is 0 Å². The molecule has 1 aromatic heterocycles. The molecule has 0 aliphatic carbocycles. The van der Waals surface area contributed by atoms with Gasteiger partial charge in [0.1, 0.15) is 12.2 Å². The second-order valence-electron chi connectivity index (χ2n) is 3.58. The molecule has 2 rings (SSSR count). The molecular formula is C13H10IN3O2. The summed E-state index contributed by atoms with van der Waals surface area (Å²) in [5, 5.41) is 6.57. The minimum atomic E-state index is -0.636. The molecule has 1 aromatic carbocycles. The average Bonchev–Trinajstić information content (AvgIpc) is 2.94. The third-order valence-electron chi connectivity index (χ3n) is 2.41. The van der Waals surface area contributed by atoms with Crippen LogP contribution in [0.3, 0.4) is 0 Å². The van der Waals surface area contributed by atoms with Gasteiger partial charge in [-0.2, -0.15) is 5.10 Å². The van der Waals surface area contributed by atoms with Crippen LogP contribution in [0, 0.1) is 9.85 Å². The third kappa shape index (κ3) is 3.54. The van der Waals surface area contributed by atoms with Gasteiger partial charge < -0.3 is 4.74 Å². The van der Waals surface area contributed by atoms with Gasteiger partial charge in [-0.1, -0.05) is 36.3 Å². The molecule has 0 saturated heterocycles. The highest BCUT2D eigenvalue weighted by Crippen LogP contribution is 2.22. The number of nitrogens with one attached hydrogen (secondary N) is 1. The average molecular weight is 367 g/mol. The molecule has 5 nitrogen and oxygen atoms in total. The van der Waals surface area contributed by atoms with Crippen molar-refractivity contribution in [1.82, 2.24) is 15.2 Å². The van der Waals surface area contributed by atoms with Gasteiger partial charge in [-0.05, 0) is 9.49 Å². The Morgan fingerprint density at radius 2 is 2.21 bits per heavy atom. The lowest BCUT2D eigenvalue weighted by molar-refractivity contribution is -0.143. The Balaban J connectivity index is 2.24. The van der Waals surface area contributed by atoms with E-state index in [9.17, 15) is 4.79 Å². The van der Waals surface area contributed by atoms with Gasteiger partial charge in [0.25, 0.3) is 0 Å². The number of aromatic amines is 1. The van der Waals surface area contributed by atoms with E-state index in [1.807, 2.05) is 52.9 Å². The Labute approximate surface area is 123 Å². The van der Waals surface area contributed by atoms with E-state index in [4.69, 9.17) is 4.74 Å². The van der Waals surface area contributed by atoms with Gasteiger partial charge in [-0.3, -0.25) is 9.89 Å². The monoisotopic (exact) mass is 367 g/mol. The Morgan fingerprint density at radius 1 is 1.42 bits per heavy atom. The van der Waals surface area contributed by atoms with Gasteiger partial charge in [0.05, 0.1) is 0 Å². The van der Waals surface area contributed by atoms with Gasteiger partial charge in [-0.15, -0.1) is 0 Å². The first-order chi connectivity index (χ1) is 9.33. The van der Waals surface area contributed by atoms with Crippen molar-refractivity contribution in [2.45, 2.75) is 5.92 Å². The maximum absolute atomic E-state index is 12.1. The van der Waals surface area contributed by atoms with Gasteiger partial charge in [0, 0.05) is 22.6 Å². The molecule has 2 aromatic rings. The maximum Gasteiger partial charge on any atom is 0.322 e. The van der Waals surface area contributed by atoms with Crippen LogP contribution in [-0.4, -0.2) is 27.8 Å². The van der Waals surface area contributed by atoms with Crippen molar-refractivity contribution in [2.75, 3.05) is 6.61 Å². The molecule has 0 spiro atoms. The first kappa shape index (κ1) is 13.5. The quantitative estimate of drug-likeness (QED) is 0.509. The predicted molar refractivity (Wildman–Crippen MR) is 77.4 cm³/mol. The van der Waals surface area contributed by atoms with Crippen LogP contribution >= 0.6 is 22.6 Å². The molecule has 1 N–H and O–H groups in total. The lowest BCUT2D eigenvalue weighted by Crippen LogP contribution is -2.18. The summed E-state index contributed by atoms with van der Waals surface area (Å²) in [4.78, 5) is 16.2. The number of hydrogen-bond acceptors (Lipinski definition) is 4. The summed E-state index contributed by atoms with van der Waals surface area (Å²) in [5.74, 6) is 2.02. The summed E-state index contributed by atoms with van der Waals surface area (Å²) in [5.41, 5.74) is 0.787. The third-order valence-corrected chi connectivity index (χ3v) is 2.80. The van der Waals surface area contributed by atoms with Crippen molar-refractivity contribution < 1.29 is 9.53 Å². The Bertz CT molecular complexity index is 587. The molecule has 1 heterocycles. The molecular weight excluding hydrogens is 357 g/mol. The van der Waals surface area contributed by atoms with Crippen LogP contribution in [-0.2, 0) is 9.53 Å². The molecule has 1 unspecified atom stereocenters. The molecule has 0 bridgehead atoms. The molecule has 1 atom stereocenters. The number of carbonyl (C=O) groups excluding carboxylic acids is 1. The second-order valence-corrected chi connectivity index (χ2v) is 4.12. The lowest BCUT2D eigenvalue weighted by atomic mass is 9.99. The fourth-order valence-corrected chi connectivity index (χ4v) is 1.77. The molecule has 0 aliphatic heterocycles. The maximum atomic E-state index is 12.1. The van der Waals surface area contributed by atoms with E-state index in [2.05, 4.69) is 25.0 Å². The largest absolute Gasteiger partial charge is 0.452 e. The smallest absolute Gasteiger partial charge is 0.322 e. The SMILES string of the molecule is O=C(OCC#CI)C(c1ccccc1)c1nc[nH]n1. The highest BCUT2D eigenvalue weighted by molar-refractivity contribution is 14.1. The van der Waals surface area contributed by atoms with E-state index in [1.165, 1.54) is 6.33 Å². The van der Waals surface area contributed by atoms with Crippen LogP contribution < -0.4 is 0 Å². The summed E-state index contributed by atoms with van der Waals surface area (Å²) in [6, 6.07) is 9.27. The number of benzene rings is 1. The number of rotatable bonds is 4. The zero-order chi connectivity index (χ0) is 13.5. The minimum Gasteiger partial charge on any atom is -0.452 e. The van der Waals surface area contributed by atoms with Crippen LogP contribution in [0.1, 0.15) is 17.3 Å². The van der Waals surface area contributed by atoms with Crippen LogP contribution in [0.25, 0.3) is 0 Å². The summed E-state index contributed by atoms with van der Waals surface area (Å²) in [6.45, 7) is 0.0650. The fraction of sp³-hybridized carbons (Fsp3) is 0.154. The number of hydrogen-bond donors (Lipinski definition) is 1. The van der Waals surface area contributed by atoms with Gasteiger partial charge >= 0.3 is 5.97 Å². The van der Waals surface area contributed by atoms with Gasteiger partial charge in [-0.25, -0.2) is 4.98 Å². The molecule has 0 aliphatic rings. The minimum absolute atomic E-state index is 0.0650. The van der Waals surface area contributed by atoms with E-state index in [-0.39, 0.29) is 6.61 Å². The molecule has 0 fully saturated rings. The summed E-state index contributed by atoms with van der Waals surface area (Å²) < 4.78 is 7.75. The Morgan fingerprint density at radius 3 is 2.84 bits per heavy atom. The zero-order valence-electron chi connectivity index (χ0n) is 9.84. The molecule has 0 amide bonds. The van der Waals surface area contributed by atoms with Crippen LogP contribution in [0.2, 0.25) is 0 Å². The number of carbonyl (C=O) groups is 1. The van der Waals surface area contributed by atoms with Crippen molar-refractivity contribution in [3.63, 3.8) is 0 Å². The van der Waals surface area contributed by atoms with Crippen molar-refractivity contribution >= 4 is 28.6 Å². The number of ether oxygens (including phenoxy) is 1. The Kier molecular flexibility index (Phi) is 4.92. The first-order valence-electron chi connectivity index (χ1n) is 5.48. The highest BCUT2D eigenvalue weighted by Gasteiger charge is 2.27. The van der Waals surface area contributed by atoms with Crippen molar-refractivity contribution in [1.29, 1.82) is 0 Å². The molecule has 19 heavy (non-hydrogen) atoms. The van der Waals surface area contributed by atoms with Crippen LogP contribution in [0.15, 0.2) is 36.7 Å². The number of nitrogens with zero attached hydrogens (tertiary/aromatic N) is 2. The van der Waals surface area contributed by atoms with E-state index >= 15 is 0 Å². The zero-order valence-corrected chi connectivity index (χ0v) is 12.0. The number of aromatic nitrogens is 3. The molecule has 6 heteroatoms. The normalized spacial score (nSPS) is 11.2. The summed E-state index contributed by atoms with van der Waals surface area (Å²) >= 11 is 1.89. The van der Waals surface area contributed by atoms with Gasteiger partial charge in [0.2, 0.25) is 0 Å². The number of esters is 1. The second kappa shape index (κ2) is 6.89. The van der Waals surface area contributed by atoms with E-state index < -0.39 is 11.9 Å². The standard InChI is InChI=1S/C13H10IN3O2/c14-7-4-8-19-13(18)11(12-15-9-16-17-12)10-5-2-1-3-6-10/h1-3,5-6,9,11H,8H2,(H,15,16,17). The summed E-state index contributed by atoms with van der Waals surface area (Å²) in [7, 11) is 0. The predicted octanol–water partition coefficient (Wildman–Crippen LogP) is 1.88. The van der Waals surface area contributed by atoms with Crippen LogP contribution in [0.5, 0.6) is 0 Å². The van der Waals surface area contributed by atoms with E-state index in [0.717, 1.165) is 5.56 Å². The fourth-order valence-electron chi connectivity index (χ4n) is 1.61. The first-order valence-corrected chi connectivity index (χ1v) is 6.56.